The predicted octanol–water partition coefficient (Wildman–Crippen LogP) is 3.48. The van der Waals surface area contributed by atoms with E-state index < -0.39 is 0 Å². The number of rotatable bonds is 4. The number of hydrogen-bond donors (Lipinski definition) is 1. The van der Waals surface area contributed by atoms with Gasteiger partial charge in [0.05, 0.1) is 0 Å². The molecule has 1 fully saturated rings. The fourth-order valence-electron chi connectivity index (χ4n) is 2.54. The zero-order valence-electron chi connectivity index (χ0n) is 11.0. The molecular weight excluding hydrogens is 234 g/mol. The van der Waals surface area contributed by atoms with E-state index in [4.69, 9.17) is 4.74 Å². The zero-order chi connectivity index (χ0) is 12.9. The molecule has 0 radical (unpaired) electrons. The van der Waals surface area contributed by atoms with Gasteiger partial charge in [0.2, 0.25) is 0 Å². The molecule has 2 heteroatoms. The van der Waals surface area contributed by atoms with Gasteiger partial charge in [-0.1, -0.05) is 48.5 Å². The van der Waals surface area contributed by atoms with E-state index >= 15 is 0 Å². The van der Waals surface area contributed by atoms with Crippen LogP contribution in [0.4, 0.5) is 0 Å². The molecule has 98 valence electrons. The standard InChI is InChI=1S/C17H19NO/c1-2-7-14(8-3-1)16-10-4-5-11-17(16)19-13-15-9-6-12-18-15/h1-5,7-8,10-11,15,18H,6,9,12-13H2/t15-/m0/s1. The van der Waals surface area contributed by atoms with Crippen molar-refractivity contribution < 1.29 is 4.74 Å². The monoisotopic (exact) mass is 253 g/mol. The minimum absolute atomic E-state index is 0.504. The van der Waals surface area contributed by atoms with Crippen LogP contribution in [0.3, 0.4) is 0 Å². The van der Waals surface area contributed by atoms with E-state index in [9.17, 15) is 0 Å². The van der Waals surface area contributed by atoms with Crippen LogP contribution in [0.1, 0.15) is 12.8 Å². The van der Waals surface area contributed by atoms with Crippen molar-refractivity contribution in [3.8, 4) is 16.9 Å². The third-order valence-electron chi connectivity index (χ3n) is 3.57. The quantitative estimate of drug-likeness (QED) is 0.900. The minimum atomic E-state index is 0.504. The number of hydrogen-bond acceptors (Lipinski definition) is 2. The highest BCUT2D eigenvalue weighted by molar-refractivity contribution is 5.70. The van der Waals surface area contributed by atoms with Crippen molar-refractivity contribution in [2.24, 2.45) is 0 Å². The van der Waals surface area contributed by atoms with E-state index in [0.717, 1.165) is 18.9 Å². The summed E-state index contributed by atoms with van der Waals surface area (Å²) in [5.74, 6) is 0.974. The Morgan fingerprint density at radius 2 is 1.79 bits per heavy atom. The van der Waals surface area contributed by atoms with Crippen LogP contribution >= 0.6 is 0 Å². The lowest BCUT2D eigenvalue weighted by Gasteiger charge is -2.15. The molecule has 0 bridgehead atoms. The number of nitrogens with one attached hydrogen (secondary N) is 1. The molecule has 0 unspecified atom stereocenters. The second kappa shape index (κ2) is 5.89. The van der Waals surface area contributed by atoms with Gasteiger partial charge in [0.1, 0.15) is 12.4 Å². The summed E-state index contributed by atoms with van der Waals surface area (Å²) in [7, 11) is 0. The SMILES string of the molecule is c1ccc(-c2ccccc2OC[C@@H]2CCCN2)cc1. The molecule has 1 aliphatic rings. The molecule has 2 aromatic carbocycles. The van der Waals surface area contributed by atoms with Crippen LogP contribution in [-0.2, 0) is 0 Å². The molecule has 2 nitrogen and oxygen atoms in total. The molecule has 1 N–H and O–H groups in total. The maximum absolute atomic E-state index is 6.01. The summed E-state index contributed by atoms with van der Waals surface area (Å²) in [5.41, 5.74) is 2.37. The summed E-state index contributed by atoms with van der Waals surface area (Å²) in [6, 6.07) is 19.2. The van der Waals surface area contributed by atoms with Gasteiger partial charge in [-0.25, -0.2) is 0 Å². The average molecular weight is 253 g/mol. The first-order valence-electron chi connectivity index (χ1n) is 6.94. The third-order valence-corrected chi connectivity index (χ3v) is 3.57. The Morgan fingerprint density at radius 1 is 1.00 bits per heavy atom. The minimum Gasteiger partial charge on any atom is -0.491 e. The fraction of sp³-hybridized carbons (Fsp3) is 0.294. The van der Waals surface area contributed by atoms with E-state index in [1.165, 1.54) is 24.0 Å². The van der Waals surface area contributed by atoms with Gasteiger partial charge in [-0.15, -0.1) is 0 Å². The van der Waals surface area contributed by atoms with E-state index in [2.05, 4.69) is 47.8 Å². The summed E-state index contributed by atoms with van der Waals surface area (Å²) in [6.45, 7) is 1.87. The van der Waals surface area contributed by atoms with Crippen LogP contribution in [0.5, 0.6) is 5.75 Å². The van der Waals surface area contributed by atoms with Crippen LogP contribution in [0, 0.1) is 0 Å². The molecule has 1 atom stereocenters. The topological polar surface area (TPSA) is 21.3 Å². The summed E-state index contributed by atoms with van der Waals surface area (Å²) >= 11 is 0. The molecule has 1 saturated heterocycles. The smallest absolute Gasteiger partial charge is 0.127 e. The van der Waals surface area contributed by atoms with Crippen molar-refractivity contribution in [3.05, 3.63) is 54.6 Å². The first-order chi connectivity index (χ1) is 9.43. The number of benzene rings is 2. The van der Waals surface area contributed by atoms with Gasteiger partial charge >= 0.3 is 0 Å². The van der Waals surface area contributed by atoms with Crippen LogP contribution in [0.25, 0.3) is 11.1 Å². The highest BCUT2D eigenvalue weighted by Gasteiger charge is 2.15. The Bertz CT molecular complexity index is 518. The second-order valence-corrected chi connectivity index (χ2v) is 4.97. The maximum atomic E-state index is 6.01. The number of para-hydroxylation sites is 1. The van der Waals surface area contributed by atoms with Crippen LogP contribution in [0.2, 0.25) is 0 Å². The highest BCUT2D eigenvalue weighted by atomic mass is 16.5. The molecule has 0 saturated carbocycles. The van der Waals surface area contributed by atoms with E-state index in [-0.39, 0.29) is 0 Å². The van der Waals surface area contributed by atoms with Gasteiger partial charge < -0.3 is 10.1 Å². The largest absolute Gasteiger partial charge is 0.491 e. The van der Waals surface area contributed by atoms with E-state index in [0.29, 0.717) is 6.04 Å². The van der Waals surface area contributed by atoms with Gasteiger partial charge in [-0.3, -0.25) is 0 Å². The van der Waals surface area contributed by atoms with Gasteiger partial charge in [0.25, 0.3) is 0 Å². The fourth-order valence-corrected chi connectivity index (χ4v) is 2.54. The molecule has 0 amide bonds. The molecular formula is C17H19NO. The second-order valence-electron chi connectivity index (χ2n) is 4.97. The van der Waals surface area contributed by atoms with Crippen LogP contribution in [0.15, 0.2) is 54.6 Å². The van der Waals surface area contributed by atoms with Crippen LogP contribution < -0.4 is 10.1 Å². The molecule has 19 heavy (non-hydrogen) atoms. The van der Waals surface area contributed by atoms with Crippen molar-refractivity contribution in [2.45, 2.75) is 18.9 Å². The Kier molecular flexibility index (Phi) is 3.80. The summed E-state index contributed by atoms with van der Waals surface area (Å²) < 4.78 is 6.01. The van der Waals surface area contributed by atoms with Gasteiger partial charge in [-0.2, -0.15) is 0 Å². The van der Waals surface area contributed by atoms with Crippen molar-refractivity contribution in [1.82, 2.24) is 5.32 Å². The van der Waals surface area contributed by atoms with Crippen molar-refractivity contribution in [3.63, 3.8) is 0 Å². The Balaban J connectivity index is 1.77. The van der Waals surface area contributed by atoms with E-state index in [1.807, 2.05) is 12.1 Å². The van der Waals surface area contributed by atoms with E-state index in [1.54, 1.807) is 0 Å². The number of ether oxygens (including phenoxy) is 1. The van der Waals surface area contributed by atoms with Crippen molar-refractivity contribution >= 4 is 0 Å². The first-order valence-corrected chi connectivity index (χ1v) is 6.94. The Hall–Kier alpha value is -1.80. The Morgan fingerprint density at radius 3 is 2.58 bits per heavy atom. The lowest BCUT2D eigenvalue weighted by molar-refractivity contribution is 0.278. The molecule has 1 aliphatic heterocycles. The lowest BCUT2D eigenvalue weighted by atomic mass is 10.0. The molecule has 0 aliphatic carbocycles. The Labute approximate surface area is 114 Å². The van der Waals surface area contributed by atoms with Gasteiger partial charge in [0.15, 0.2) is 0 Å². The highest BCUT2D eigenvalue weighted by Crippen LogP contribution is 2.29. The molecule has 1 heterocycles. The zero-order valence-corrected chi connectivity index (χ0v) is 11.0. The third kappa shape index (κ3) is 2.96. The van der Waals surface area contributed by atoms with Crippen LogP contribution in [-0.4, -0.2) is 19.2 Å². The molecule has 3 rings (SSSR count). The maximum Gasteiger partial charge on any atom is 0.127 e. The lowest BCUT2D eigenvalue weighted by Crippen LogP contribution is -2.28. The van der Waals surface area contributed by atoms with Gasteiger partial charge in [0, 0.05) is 11.6 Å². The van der Waals surface area contributed by atoms with Crippen molar-refractivity contribution in [1.29, 1.82) is 0 Å². The summed E-state index contributed by atoms with van der Waals surface area (Å²) in [5, 5.41) is 3.46. The molecule has 0 spiro atoms. The van der Waals surface area contributed by atoms with Crippen molar-refractivity contribution in [2.75, 3.05) is 13.2 Å². The summed E-state index contributed by atoms with van der Waals surface area (Å²) in [6.07, 6.45) is 2.47. The predicted molar refractivity (Wildman–Crippen MR) is 78.4 cm³/mol. The normalized spacial score (nSPS) is 18.4. The molecule has 2 aromatic rings. The summed E-state index contributed by atoms with van der Waals surface area (Å²) in [4.78, 5) is 0. The van der Waals surface area contributed by atoms with Gasteiger partial charge in [-0.05, 0) is 31.0 Å². The average Bonchev–Trinajstić information content (AvgIpc) is 3.00. The first kappa shape index (κ1) is 12.2. The molecule has 0 aromatic heterocycles.